The molecule has 3 heteroatoms. The Hall–Kier alpha value is -0.0500. The molecule has 60 valence electrons. The lowest BCUT2D eigenvalue weighted by molar-refractivity contribution is 0.151. The lowest BCUT2D eigenvalue weighted by Gasteiger charge is -2.14. The molecule has 0 aliphatic carbocycles. The van der Waals surface area contributed by atoms with E-state index in [1.807, 2.05) is 0 Å². The Bertz CT molecular complexity index is 114. The van der Waals surface area contributed by atoms with Crippen molar-refractivity contribution in [2.75, 3.05) is 5.88 Å². The predicted molar refractivity (Wildman–Crippen MR) is 44.1 cm³/mol. The van der Waals surface area contributed by atoms with Gasteiger partial charge in [-0.1, -0.05) is 12.2 Å². The van der Waals surface area contributed by atoms with Crippen LogP contribution in [0.3, 0.4) is 0 Å². The third-order valence-electron chi connectivity index (χ3n) is 1.29. The van der Waals surface area contributed by atoms with E-state index in [9.17, 15) is 5.11 Å². The number of aliphatic hydroxyl groups excluding tert-OH is 1. The van der Waals surface area contributed by atoms with Crippen LogP contribution in [0.25, 0.3) is 0 Å². The number of alkyl halides is 1. The average Bonchev–Trinajstić information content (AvgIpc) is 1.87. The highest BCUT2D eigenvalue weighted by Crippen LogP contribution is 2.06. The zero-order chi connectivity index (χ0) is 8.15. The molecule has 0 aromatic rings. The van der Waals surface area contributed by atoms with Crippen LogP contribution in [-0.2, 0) is 0 Å². The molecule has 0 radical (unpaired) electrons. The molecule has 2 atom stereocenters. The predicted octanol–water partition coefficient (Wildman–Crippen LogP) is 0.880. The summed E-state index contributed by atoms with van der Waals surface area (Å²) in [5.41, 5.74) is 6.23. The van der Waals surface area contributed by atoms with Crippen molar-refractivity contribution in [3.63, 3.8) is 0 Å². The van der Waals surface area contributed by atoms with Crippen molar-refractivity contribution >= 4 is 11.6 Å². The number of hydrogen-bond acceptors (Lipinski definition) is 2. The molecule has 0 aliphatic heterocycles. The van der Waals surface area contributed by atoms with E-state index >= 15 is 0 Å². The maximum Gasteiger partial charge on any atom is 0.0725 e. The van der Waals surface area contributed by atoms with Crippen molar-refractivity contribution in [3.05, 3.63) is 12.2 Å². The molecular weight excluding hydrogens is 150 g/mol. The Morgan fingerprint density at radius 3 is 2.60 bits per heavy atom. The molecule has 0 aromatic heterocycles. The van der Waals surface area contributed by atoms with Gasteiger partial charge >= 0.3 is 0 Å². The van der Waals surface area contributed by atoms with Gasteiger partial charge in [0.05, 0.1) is 6.10 Å². The van der Waals surface area contributed by atoms with E-state index in [2.05, 4.69) is 6.58 Å². The molecule has 0 saturated carbocycles. The molecule has 2 nitrogen and oxygen atoms in total. The zero-order valence-corrected chi connectivity index (χ0v) is 6.93. The maximum atomic E-state index is 9.18. The molecule has 10 heavy (non-hydrogen) atoms. The first-order chi connectivity index (χ1) is 4.57. The van der Waals surface area contributed by atoms with Crippen LogP contribution in [0.1, 0.15) is 13.3 Å². The Balaban J connectivity index is 3.57. The fraction of sp³-hybridized carbons (Fsp3) is 0.714. The summed E-state index contributed by atoms with van der Waals surface area (Å²) in [6.45, 7) is 5.40. The summed E-state index contributed by atoms with van der Waals surface area (Å²) in [5, 5.41) is 9.18. The summed E-state index contributed by atoms with van der Waals surface area (Å²) < 4.78 is 0. The van der Waals surface area contributed by atoms with Crippen molar-refractivity contribution < 1.29 is 5.11 Å². The smallest absolute Gasteiger partial charge is 0.0725 e. The van der Waals surface area contributed by atoms with E-state index in [0.29, 0.717) is 12.3 Å². The third-order valence-corrected chi connectivity index (χ3v) is 1.67. The van der Waals surface area contributed by atoms with Crippen LogP contribution >= 0.6 is 11.6 Å². The first-order valence-corrected chi connectivity index (χ1v) is 3.77. The SMILES string of the molecule is C=C(CCl)C[C@H](O)[C@H](C)N. The van der Waals surface area contributed by atoms with Crippen LogP contribution in [0.2, 0.25) is 0 Å². The molecule has 0 heterocycles. The summed E-state index contributed by atoms with van der Waals surface area (Å²) in [4.78, 5) is 0. The van der Waals surface area contributed by atoms with E-state index in [1.165, 1.54) is 0 Å². The van der Waals surface area contributed by atoms with Crippen molar-refractivity contribution in [3.8, 4) is 0 Å². The second-order valence-corrected chi connectivity index (χ2v) is 2.78. The Morgan fingerprint density at radius 1 is 1.80 bits per heavy atom. The van der Waals surface area contributed by atoms with Gasteiger partial charge in [-0.05, 0) is 13.3 Å². The topological polar surface area (TPSA) is 46.2 Å². The van der Waals surface area contributed by atoms with Gasteiger partial charge in [0.2, 0.25) is 0 Å². The second-order valence-electron chi connectivity index (χ2n) is 2.51. The number of nitrogens with two attached hydrogens (primary N) is 1. The summed E-state index contributed by atoms with van der Waals surface area (Å²) in [5.74, 6) is 0.393. The van der Waals surface area contributed by atoms with Crippen LogP contribution in [0.15, 0.2) is 12.2 Å². The standard InChI is InChI=1S/C7H14ClNO/c1-5(4-8)3-7(10)6(2)9/h6-7,10H,1,3-4,9H2,2H3/t6-,7-/m0/s1. The number of hydrogen-bond donors (Lipinski definition) is 2. The van der Waals surface area contributed by atoms with Gasteiger partial charge in [-0.25, -0.2) is 0 Å². The highest BCUT2D eigenvalue weighted by Gasteiger charge is 2.09. The van der Waals surface area contributed by atoms with Crippen LogP contribution in [0.5, 0.6) is 0 Å². The quantitative estimate of drug-likeness (QED) is 0.478. The van der Waals surface area contributed by atoms with Gasteiger partial charge in [0.1, 0.15) is 0 Å². The van der Waals surface area contributed by atoms with E-state index in [4.69, 9.17) is 17.3 Å². The lowest BCUT2D eigenvalue weighted by Crippen LogP contribution is -2.31. The Labute approximate surface area is 66.7 Å². The van der Waals surface area contributed by atoms with Gasteiger partial charge in [0.15, 0.2) is 0 Å². The minimum atomic E-state index is -0.508. The second kappa shape index (κ2) is 4.72. The maximum absolute atomic E-state index is 9.18. The fourth-order valence-corrected chi connectivity index (χ4v) is 0.645. The van der Waals surface area contributed by atoms with E-state index < -0.39 is 6.10 Å². The van der Waals surface area contributed by atoms with Gasteiger partial charge in [0, 0.05) is 11.9 Å². The van der Waals surface area contributed by atoms with E-state index in [0.717, 1.165) is 5.57 Å². The van der Waals surface area contributed by atoms with Gasteiger partial charge in [-0.3, -0.25) is 0 Å². The Kier molecular flexibility index (Phi) is 4.69. The molecular formula is C7H14ClNO. The van der Waals surface area contributed by atoms with Gasteiger partial charge in [-0.2, -0.15) is 0 Å². The molecule has 0 fully saturated rings. The minimum Gasteiger partial charge on any atom is -0.391 e. The first-order valence-electron chi connectivity index (χ1n) is 3.24. The van der Waals surface area contributed by atoms with E-state index in [1.54, 1.807) is 6.92 Å². The van der Waals surface area contributed by atoms with Crippen LogP contribution in [0.4, 0.5) is 0 Å². The lowest BCUT2D eigenvalue weighted by atomic mass is 10.1. The monoisotopic (exact) mass is 163 g/mol. The van der Waals surface area contributed by atoms with Crippen molar-refractivity contribution in [2.45, 2.75) is 25.5 Å². The minimum absolute atomic E-state index is 0.208. The molecule has 0 spiro atoms. The average molecular weight is 164 g/mol. The van der Waals surface area contributed by atoms with Gasteiger partial charge in [0.25, 0.3) is 0 Å². The van der Waals surface area contributed by atoms with Crippen LogP contribution in [0, 0.1) is 0 Å². The number of aliphatic hydroxyl groups is 1. The number of rotatable bonds is 4. The molecule has 0 unspecified atom stereocenters. The Morgan fingerprint density at radius 2 is 2.30 bits per heavy atom. The summed E-state index contributed by atoms with van der Waals surface area (Å²) >= 11 is 5.45. The van der Waals surface area contributed by atoms with Crippen molar-refractivity contribution in [1.29, 1.82) is 0 Å². The summed E-state index contributed by atoms with van der Waals surface area (Å²) in [7, 11) is 0. The van der Waals surface area contributed by atoms with Gasteiger partial charge < -0.3 is 10.8 Å². The normalized spacial score (nSPS) is 16.4. The molecule has 0 bridgehead atoms. The van der Waals surface area contributed by atoms with Crippen molar-refractivity contribution in [1.82, 2.24) is 0 Å². The van der Waals surface area contributed by atoms with Crippen LogP contribution < -0.4 is 5.73 Å². The molecule has 0 rings (SSSR count). The molecule has 0 aliphatic rings. The summed E-state index contributed by atoms with van der Waals surface area (Å²) in [6.07, 6.45) is -0.00694. The summed E-state index contributed by atoms with van der Waals surface area (Å²) in [6, 6.07) is -0.208. The molecule has 3 N–H and O–H groups in total. The third kappa shape index (κ3) is 3.88. The largest absolute Gasteiger partial charge is 0.391 e. The zero-order valence-electron chi connectivity index (χ0n) is 6.18. The molecule has 0 amide bonds. The molecule has 0 saturated heterocycles. The highest BCUT2D eigenvalue weighted by molar-refractivity contribution is 6.19. The number of halogens is 1. The molecule has 0 aromatic carbocycles. The highest BCUT2D eigenvalue weighted by atomic mass is 35.5. The van der Waals surface area contributed by atoms with E-state index in [-0.39, 0.29) is 6.04 Å². The fourth-order valence-electron chi connectivity index (χ4n) is 0.536. The van der Waals surface area contributed by atoms with Crippen molar-refractivity contribution in [2.24, 2.45) is 5.73 Å². The van der Waals surface area contributed by atoms with Gasteiger partial charge in [-0.15, -0.1) is 11.6 Å². The first kappa shape index (κ1) is 9.95. The van der Waals surface area contributed by atoms with Crippen LogP contribution in [-0.4, -0.2) is 23.1 Å².